The number of amides is 2. The number of nitrogens with zero attached hydrogens (tertiary/aromatic N) is 4. The summed E-state index contributed by atoms with van der Waals surface area (Å²) in [7, 11) is 3.61. The molecule has 1 aromatic heterocycles. The highest BCUT2D eigenvalue weighted by atomic mass is 16.2. The minimum absolute atomic E-state index is 0.122. The first-order chi connectivity index (χ1) is 15.5. The molecule has 0 N–H and O–H groups in total. The molecule has 164 valence electrons. The molecule has 0 spiro atoms. The van der Waals surface area contributed by atoms with E-state index < -0.39 is 5.41 Å². The Morgan fingerprint density at radius 1 is 0.938 bits per heavy atom. The summed E-state index contributed by atoms with van der Waals surface area (Å²) in [5.74, 6) is -0.00699. The predicted molar refractivity (Wildman–Crippen MR) is 124 cm³/mol. The molecule has 0 bridgehead atoms. The number of hydrogen-bond acceptors (Lipinski definition) is 4. The van der Waals surface area contributed by atoms with Crippen molar-refractivity contribution in [3.8, 4) is 11.1 Å². The fourth-order valence-electron chi connectivity index (χ4n) is 4.49. The van der Waals surface area contributed by atoms with Crippen molar-refractivity contribution >= 4 is 11.8 Å². The molecule has 1 fully saturated rings. The first kappa shape index (κ1) is 21.7. The smallest absolute Gasteiger partial charge is 0.274 e. The van der Waals surface area contributed by atoms with E-state index >= 15 is 0 Å². The van der Waals surface area contributed by atoms with Crippen LogP contribution >= 0.6 is 0 Å². The van der Waals surface area contributed by atoms with E-state index in [0.717, 1.165) is 11.1 Å². The first-order valence-corrected chi connectivity index (χ1v) is 10.9. The highest BCUT2D eigenvalue weighted by Crippen LogP contribution is 2.37. The Hall–Kier alpha value is -3.54. The number of hydrogen-bond donors (Lipinski definition) is 0. The zero-order valence-electron chi connectivity index (χ0n) is 18.6. The molecule has 0 unspecified atom stereocenters. The van der Waals surface area contributed by atoms with Gasteiger partial charge in [0.05, 0.1) is 11.6 Å². The summed E-state index contributed by atoms with van der Waals surface area (Å²) in [4.78, 5) is 37.6. The van der Waals surface area contributed by atoms with E-state index in [4.69, 9.17) is 0 Å². The number of aromatic nitrogens is 2. The molecule has 0 saturated carbocycles. The maximum absolute atomic E-state index is 13.3. The van der Waals surface area contributed by atoms with Crippen molar-refractivity contribution in [3.63, 3.8) is 0 Å². The standard InChI is InChI=1S/C26H28N4O2/c1-29(2)25(32)26(12-16-30(17-13-26)24(31)23-19-27-14-15-28-23)18-20-8-10-22(11-9-20)21-6-4-3-5-7-21/h3-11,14-15,19H,12-13,16-18H2,1-2H3. The second-order valence-electron chi connectivity index (χ2n) is 8.60. The molecule has 0 radical (unpaired) electrons. The number of benzene rings is 2. The van der Waals surface area contributed by atoms with Gasteiger partial charge in [0.1, 0.15) is 5.69 Å². The third-order valence-electron chi connectivity index (χ3n) is 6.25. The number of rotatable bonds is 5. The van der Waals surface area contributed by atoms with E-state index in [9.17, 15) is 9.59 Å². The van der Waals surface area contributed by atoms with E-state index in [2.05, 4.69) is 46.4 Å². The lowest BCUT2D eigenvalue weighted by Crippen LogP contribution is -2.51. The zero-order chi connectivity index (χ0) is 22.6. The van der Waals surface area contributed by atoms with E-state index in [0.29, 0.717) is 38.0 Å². The van der Waals surface area contributed by atoms with Crippen molar-refractivity contribution in [2.24, 2.45) is 5.41 Å². The summed E-state index contributed by atoms with van der Waals surface area (Å²) in [6.45, 7) is 1.05. The average Bonchev–Trinajstić information content (AvgIpc) is 2.85. The summed E-state index contributed by atoms with van der Waals surface area (Å²) in [5.41, 5.74) is 3.29. The van der Waals surface area contributed by atoms with Gasteiger partial charge in [-0.05, 0) is 36.0 Å². The normalized spacial score (nSPS) is 15.2. The lowest BCUT2D eigenvalue weighted by molar-refractivity contribution is -0.142. The minimum atomic E-state index is -0.517. The maximum Gasteiger partial charge on any atom is 0.274 e. The maximum atomic E-state index is 13.3. The highest BCUT2D eigenvalue weighted by Gasteiger charge is 2.43. The predicted octanol–water partition coefficient (Wildman–Crippen LogP) is 3.70. The minimum Gasteiger partial charge on any atom is -0.348 e. The van der Waals surface area contributed by atoms with Crippen LogP contribution in [0.1, 0.15) is 28.9 Å². The molecule has 6 nitrogen and oxygen atoms in total. The van der Waals surface area contributed by atoms with Crippen LogP contribution < -0.4 is 0 Å². The van der Waals surface area contributed by atoms with Crippen LogP contribution in [0, 0.1) is 5.41 Å². The van der Waals surface area contributed by atoms with Gasteiger partial charge in [0.25, 0.3) is 5.91 Å². The van der Waals surface area contributed by atoms with Crippen LogP contribution in [-0.4, -0.2) is 58.8 Å². The van der Waals surface area contributed by atoms with Crippen molar-refractivity contribution in [2.45, 2.75) is 19.3 Å². The Balaban J connectivity index is 1.51. The Morgan fingerprint density at radius 3 is 2.19 bits per heavy atom. The molecule has 1 saturated heterocycles. The van der Waals surface area contributed by atoms with Gasteiger partial charge in [0.15, 0.2) is 0 Å². The monoisotopic (exact) mass is 428 g/mol. The fraction of sp³-hybridized carbons (Fsp3) is 0.308. The zero-order valence-corrected chi connectivity index (χ0v) is 18.6. The first-order valence-electron chi connectivity index (χ1n) is 10.9. The van der Waals surface area contributed by atoms with E-state index in [1.165, 1.54) is 18.0 Å². The highest BCUT2D eigenvalue weighted by molar-refractivity contribution is 5.92. The Morgan fingerprint density at radius 2 is 1.59 bits per heavy atom. The van der Waals surface area contributed by atoms with Crippen LogP contribution in [-0.2, 0) is 11.2 Å². The lowest BCUT2D eigenvalue weighted by Gasteiger charge is -2.42. The van der Waals surface area contributed by atoms with Gasteiger partial charge in [-0.25, -0.2) is 4.98 Å². The van der Waals surface area contributed by atoms with Crippen LogP contribution in [0.5, 0.6) is 0 Å². The molecular weight excluding hydrogens is 400 g/mol. The molecular formula is C26H28N4O2. The molecule has 0 atom stereocenters. The molecule has 1 aliphatic rings. The van der Waals surface area contributed by atoms with Crippen molar-refractivity contribution in [2.75, 3.05) is 27.2 Å². The largest absolute Gasteiger partial charge is 0.348 e. The average molecular weight is 429 g/mol. The van der Waals surface area contributed by atoms with Gasteiger partial charge in [-0.2, -0.15) is 0 Å². The molecule has 32 heavy (non-hydrogen) atoms. The van der Waals surface area contributed by atoms with E-state index in [1.807, 2.05) is 18.2 Å². The van der Waals surface area contributed by atoms with Crippen LogP contribution in [0.25, 0.3) is 11.1 Å². The van der Waals surface area contributed by atoms with Crippen LogP contribution in [0.15, 0.2) is 73.2 Å². The fourth-order valence-corrected chi connectivity index (χ4v) is 4.49. The van der Waals surface area contributed by atoms with Crippen molar-refractivity contribution < 1.29 is 9.59 Å². The summed E-state index contributed by atoms with van der Waals surface area (Å²) in [6, 6.07) is 18.7. The number of carbonyl (C=O) groups is 2. The quantitative estimate of drug-likeness (QED) is 0.622. The van der Waals surface area contributed by atoms with Gasteiger partial charge in [0, 0.05) is 39.6 Å². The summed E-state index contributed by atoms with van der Waals surface area (Å²) >= 11 is 0. The number of likely N-dealkylation sites (tertiary alicyclic amines) is 1. The second kappa shape index (κ2) is 9.30. The lowest BCUT2D eigenvalue weighted by atomic mass is 9.72. The van der Waals surface area contributed by atoms with E-state index in [-0.39, 0.29) is 11.8 Å². The SMILES string of the molecule is CN(C)C(=O)C1(Cc2ccc(-c3ccccc3)cc2)CCN(C(=O)c2cnccn2)CC1. The third-order valence-corrected chi connectivity index (χ3v) is 6.25. The van der Waals surface area contributed by atoms with Crippen LogP contribution in [0.4, 0.5) is 0 Å². The topological polar surface area (TPSA) is 66.4 Å². The summed E-state index contributed by atoms with van der Waals surface area (Å²) in [5, 5.41) is 0. The Labute approximate surface area is 188 Å². The van der Waals surface area contributed by atoms with E-state index in [1.54, 1.807) is 30.1 Å². The summed E-state index contributed by atoms with van der Waals surface area (Å²) in [6.07, 6.45) is 6.47. The molecule has 2 amide bonds. The van der Waals surface area contributed by atoms with Gasteiger partial charge in [-0.1, -0.05) is 54.6 Å². The van der Waals surface area contributed by atoms with Crippen molar-refractivity contribution in [1.29, 1.82) is 0 Å². The van der Waals surface area contributed by atoms with Crippen LogP contribution in [0.2, 0.25) is 0 Å². The second-order valence-corrected chi connectivity index (χ2v) is 8.60. The molecule has 4 rings (SSSR count). The van der Waals surface area contributed by atoms with Gasteiger partial charge < -0.3 is 9.80 Å². The van der Waals surface area contributed by atoms with Crippen molar-refractivity contribution in [3.05, 3.63) is 84.4 Å². The van der Waals surface area contributed by atoms with Crippen LogP contribution in [0.3, 0.4) is 0 Å². The van der Waals surface area contributed by atoms with Gasteiger partial charge >= 0.3 is 0 Å². The Kier molecular flexibility index (Phi) is 6.30. The summed E-state index contributed by atoms with van der Waals surface area (Å²) < 4.78 is 0. The van der Waals surface area contributed by atoms with Gasteiger partial charge in [-0.3, -0.25) is 14.6 Å². The molecule has 6 heteroatoms. The number of carbonyl (C=O) groups excluding carboxylic acids is 2. The molecule has 0 aliphatic carbocycles. The number of piperidine rings is 1. The van der Waals surface area contributed by atoms with Gasteiger partial charge in [0.2, 0.25) is 5.91 Å². The third kappa shape index (κ3) is 4.54. The van der Waals surface area contributed by atoms with Crippen molar-refractivity contribution in [1.82, 2.24) is 19.8 Å². The van der Waals surface area contributed by atoms with Gasteiger partial charge in [-0.15, -0.1) is 0 Å². The molecule has 2 heterocycles. The Bertz CT molecular complexity index is 1060. The molecule has 1 aliphatic heterocycles. The molecule has 2 aromatic carbocycles. The molecule has 3 aromatic rings.